The van der Waals surface area contributed by atoms with Gasteiger partial charge in [-0.2, -0.15) is 0 Å². The standard InChI is InChI=1S/C20H25NO4/c1-23-14-10-21(15-17-7-11-25-16-17)19(22)20(8-12-24-13-9-20)18-5-3-2-4-6-18/h2-7,11,16H,8-10,12-15H2,1H3. The Labute approximate surface area is 148 Å². The first-order valence-corrected chi connectivity index (χ1v) is 8.69. The van der Waals surface area contributed by atoms with Crippen LogP contribution >= 0.6 is 0 Å². The Hall–Kier alpha value is -2.11. The Bertz CT molecular complexity index is 648. The van der Waals surface area contributed by atoms with E-state index in [2.05, 4.69) is 12.1 Å². The number of ether oxygens (including phenoxy) is 2. The summed E-state index contributed by atoms with van der Waals surface area (Å²) in [6, 6.07) is 12.0. The van der Waals surface area contributed by atoms with Crippen molar-refractivity contribution in [3.63, 3.8) is 0 Å². The summed E-state index contributed by atoms with van der Waals surface area (Å²) in [6.45, 7) is 2.78. The number of hydrogen-bond acceptors (Lipinski definition) is 4. The van der Waals surface area contributed by atoms with Crippen molar-refractivity contribution in [1.82, 2.24) is 4.90 Å². The van der Waals surface area contributed by atoms with Crippen LogP contribution in [0.5, 0.6) is 0 Å². The Balaban J connectivity index is 1.90. The highest BCUT2D eigenvalue weighted by Gasteiger charge is 2.43. The fourth-order valence-electron chi connectivity index (χ4n) is 3.46. The Morgan fingerprint density at radius 1 is 1.20 bits per heavy atom. The van der Waals surface area contributed by atoms with E-state index < -0.39 is 5.41 Å². The molecule has 5 nitrogen and oxygen atoms in total. The van der Waals surface area contributed by atoms with Crippen molar-refractivity contribution in [2.45, 2.75) is 24.8 Å². The van der Waals surface area contributed by atoms with Gasteiger partial charge in [-0.1, -0.05) is 30.3 Å². The normalized spacial score (nSPS) is 16.5. The van der Waals surface area contributed by atoms with Crippen LogP contribution in [0, 0.1) is 0 Å². The minimum absolute atomic E-state index is 0.139. The van der Waals surface area contributed by atoms with Gasteiger partial charge in [0, 0.05) is 39.0 Å². The molecule has 1 amide bonds. The molecule has 1 aliphatic heterocycles. The smallest absolute Gasteiger partial charge is 0.233 e. The summed E-state index contributed by atoms with van der Waals surface area (Å²) in [4.78, 5) is 15.5. The molecule has 1 saturated heterocycles. The maximum absolute atomic E-state index is 13.6. The van der Waals surface area contributed by atoms with E-state index in [1.807, 2.05) is 29.2 Å². The lowest BCUT2D eigenvalue weighted by atomic mass is 9.73. The molecule has 1 aromatic heterocycles. The first-order valence-electron chi connectivity index (χ1n) is 8.69. The molecule has 0 aliphatic carbocycles. The number of methoxy groups -OCH3 is 1. The third-order valence-corrected chi connectivity index (χ3v) is 4.89. The number of amides is 1. The first-order chi connectivity index (χ1) is 12.3. The van der Waals surface area contributed by atoms with Crippen molar-refractivity contribution >= 4 is 5.91 Å². The molecule has 0 bridgehead atoms. The van der Waals surface area contributed by atoms with Gasteiger partial charge in [-0.3, -0.25) is 4.79 Å². The van der Waals surface area contributed by atoms with Crippen LogP contribution in [-0.4, -0.2) is 44.3 Å². The van der Waals surface area contributed by atoms with E-state index in [9.17, 15) is 4.79 Å². The van der Waals surface area contributed by atoms with E-state index in [1.165, 1.54) is 0 Å². The minimum Gasteiger partial charge on any atom is -0.472 e. The molecule has 1 aromatic carbocycles. The van der Waals surface area contributed by atoms with Crippen LogP contribution in [-0.2, 0) is 26.2 Å². The molecule has 0 atom stereocenters. The van der Waals surface area contributed by atoms with E-state index >= 15 is 0 Å². The molecule has 1 fully saturated rings. The minimum atomic E-state index is -0.531. The molecule has 1 aliphatic rings. The zero-order valence-corrected chi connectivity index (χ0v) is 14.6. The summed E-state index contributed by atoms with van der Waals surface area (Å²) in [5, 5.41) is 0. The molecule has 0 N–H and O–H groups in total. The number of carbonyl (C=O) groups is 1. The van der Waals surface area contributed by atoms with E-state index in [1.54, 1.807) is 19.6 Å². The monoisotopic (exact) mass is 343 g/mol. The summed E-state index contributed by atoms with van der Waals surface area (Å²) in [5.74, 6) is 0.139. The topological polar surface area (TPSA) is 51.9 Å². The largest absolute Gasteiger partial charge is 0.472 e. The highest BCUT2D eigenvalue weighted by molar-refractivity contribution is 5.88. The van der Waals surface area contributed by atoms with Crippen molar-refractivity contribution < 1.29 is 18.7 Å². The Kier molecular flexibility index (Phi) is 5.89. The molecule has 25 heavy (non-hydrogen) atoms. The molecule has 0 radical (unpaired) electrons. The second-order valence-corrected chi connectivity index (χ2v) is 6.41. The number of furan rings is 1. The van der Waals surface area contributed by atoms with E-state index in [4.69, 9.17) is 13.9 Å². The molecule has 2 aromatic rings. The lowest BCUT2D eigenvalue weighted by Crippen LogP contribution is -2.50. The zero-order valence-electron chi connectivity index (χ0n) is 14.6. The van der Waals surface area contributed by atoms with Crippen molar-refractivity contribution in [2.75, 3.05) is 33.5 Å². The van der Waals surface area contributed by atoms with Gasteiger partial charge in [0.25, 0.3) is 0 Å². The summed E-state index contributed by atoms with van der Waals surface area (Å²) in [5.41, 5.74) is 1.52. The zero-order chi connectivity index (χ0) is 17.5. The third kappa shape index (κ3) is 3.94. The highest BCUT2D eigenvalue weighted by atomic mass is 16.5. The van der Waals surface area contributed by atoms with Crippen LogP contribution in [0.25, 0.3) is 0 Å². The molecule has 5 heteroatoms. The van der Waals surface area contributed by atoms with Gasteiger partial charge < -0.3 is 18.8 Å². The van der Waals surface area contributed by atoms with Gasteiger partial charge in [0.2, 0.25) is 5.91 Å². The van der Waals surface area contributed by atoms with Crippen molar-refractivity contribution in [2.24, 2.45) is 0 Å². The van der Waals surface area contributed by atoms with Crippen LogP contribution < -0.4 is 0 Å². The van der Waals surface area contributed by atoms with Crippen molar-refractivity contribution in [1.29, 1.82) is 0 Å². The van der Waals surface area contributed by atoms with E-state index in [0.717, 1.165) is 11.1 Å². The second kappa shape index (κ2) is 8.32. The van der Waals surface area contributed by atoms with E-state index in [-0.39, 0.29) is 5.91 Å². The van der Waals surface area contributed by atoms with Gasteiger partial charge in [-0.05, 0) is 24.5 Å². The van der Waals surface area contributed by atoms with Gasteiger partial charge in [-0.25, -0.2) is 0 Å². The summed E-state index contributed by atoms with van der Waals surface area (Å²) < 4.78 is 15.9. The van der Waals surface area contributed by atoms with Crippen LogP contribution in [0.2, 0.25) is 0 Å². The highest BCUT2D eigenvalue weighted by Crippen LogP contribution is 2.37. The number of hydrogen-bond donors (Lipinski definition) is 0. The molecular formula is C20H25NO4. The predicted molar refractivity (Wildman–Crippen MR) is 94.2 cm³/mol. The first kappa shape index (κ1) is 17.7. The number of rotatable bonds is 7. The molecule has 2 heterocycles. The molecular weight excluding hydrogens is 318 g/mol. The predicted octanol–water partition coefficient (Wildman–Crippen LogP) is 3.00. The Morgan fingerprint density at radius 3 is 2.60 bits per heavy atom. The fourth-order valence-corrected chi connectivity index (χ4v) is 3.46. The SMILES string of the molecule is COCCN(Cc1ccoc1)C(=O)C1(c2ccccc2)CCOCC1. The van der Waals surface area contributed by atoms with Gasteiger partial charge in [-0.15, -0.1) is 0 Å². The van der Waals surface area contributed by atoms with Crippen molar-refractivity contribution in [3.05, 3.63) is 60.1 Å². The second-order valence-electron chi connectivity index (χ2n) is 6.41. The van der Waals surface area contributed by atoms with Crippen molar-refractivity contribution in [3.8, 4) is 0 Å². The third-order valence-electron chi connectivity index (χ3n) is 4.89. The molecule has 0 spiro atoms. The molecule has 0 saturated carbocycles. The number of benzene rings is 1. The number of nitrogens with zero attached hydrogens (tertiary/aromatic N) is 1. The van der Waals surface area contributed by atoms with Crippen LogP contribution in [0.15, 0.2) is 53.3 Å². The average molecular weight is 343 g/mol. The lowest BCUT2D eigenvalue weighted by Gasteiger charge is -2.40. The van der Waals surface area contributed by atoms with Gasteiger partial charge >= 0.3 is 0 Å². The van der Waals surface area contributed by atoms with Crippen LogP contribution in [0.1, 0.15) is 24.0 Å². The Morgan fingerprint density at radius 2 is 1.96 bits per heavy atom. The lowest BCUT2D eigenvalue weighted by molar-refractivity contribution is -0.142. The van der Waals surface area contributed by atoms with Gasteiger partial charge in [0.15, 0.2) is 0 Å². The molecule has 3 rings (SSSR count). The van der Waals surface area contributed by atoms with E-state index in [0.29, 0.717) is 45.8 Å². The average Bonchev–Trinajstić information content (AvgIpc) is 3.19. The quantitative estimate of drug-likeness (QED) is 0.775. The fraction of sp³-hybridized carbons (Fsp3) is 0.450. The van der Waals surface area contributed by atoms with Crippen LogP contribution in [0.3, 0.4) is 0 Å². The molecule has 0 unspecified atom stereocenters. The molecule has 134 valence electrons. The maximum Gasteiger partial charge on any atom is 0.233 e. The summed E-state index contributed by atoms with van der Waals surface area (Å²) in [6.07, 6.45) is 4.72. The number of carbonyl (C=O) groups excluding carboxylic acids is 1. The van der Waals surface area contributed by atoms with Crippen LogP contribution in [0.4, 0.5) is 0 Å². The van der Waals surface area contributed by atoms with Gasteiger partial charge in [0.05, 0.1) is 24.5 Å². The van der Waals surface area contributed by atoms with Gasteiger partial charge in [0.1, 0.15) is 0 Å². The summed E-state index contributed by atoms with van der Waals surface area (Å²) >= 11 is 0. The summed E-state index contributed by atoms with van der Waals surface area (Å²) in [7, 11) is 1.65. The maximum atomic E-state index is 13.6.